The molecule has 1 aliphatic heterocycles. The number of H-pyrrole nitrogens is 1. The van der Waals surface area contributed by atoms with Crippen LogP contribution in [0.1, 0.15) is 28.9 Å². The van der Waals surface area contributed by atoms with Gasteiger partial charge in [-0.25, -0.2) is 0 Å². The standard InChI is InChI=1S/C22H31N5O2/c1-16-19(17(2)25-24-16)9-10-21(28)27-14-13-26(20(15-27)22(29)23-3)12-11-18-7-5-4-6-8-18/h4-8,20H,9-15H2,1-3H3,(H,23,29)(H,24,25). The van der Waals surface area contributed by atoms with Crippen molar-refractivity contribution in [3.8, 4) is 0 Å². The number of aromatic amines is 1. The number of likely N-dealkylation sites (N-methyl/N-ethyl adjacent to an activating group) is 1. The Labute approximate surface area is 172 Å². The summed E-state index contributed by atoms with van der Waals surface area (Å²) in [7, 11) is 1.66. The molecule has 3 rings (SSSR count). The van der Waals surface area contributed by atoms with E-state index in [1.807, 2.05) is 36.9 Å². The first-order chi connectivity index (χ1) is 14.0. The second-order valence-corrected chi connectivity index (χ2v) is 7.65. The quantitative estimate of drug-likeness (QED) is 0.741. The lowest BCUT2D eigenvalue weighted by molar-refractivity contribution is -0.138. The van der Waals surface area contributed by atoms with E-state index in [9.17, 15) is 9.59 Å². The number of aromatic nitrogens is 2. The molecule has 2 aromatic rings. The largest absolute Gasteiger partial charge is 0.358 e. The molecule has 1 aliphatic rings. The molecule has 2 amide bonds. The zero-order chi connectivity index (χ0) is 20.8. The van der Waals surface area contributed by atoms with Crippen LogP contribution in [0.5, 0.6) is 0 Å². The van der Waals surface area contributed by atoms with Gasteiger partial charge in [-0.15, -0.1) is 0 Å². The third-order valence-electron chi connectivity index (χ3n) is 5.79. The fraction of sp³-hybridized carbons (Fsp3) is 0.500. The van der Waals surface area contributed by atoms with Gasteiger partial charge in [-0.2, -0.15) is 5.10 Å². The molecule has 1 aromatic heterocycles. The molecule has 1 saturated heterocycles. The minimum atomic E-state index is -0.307. The lowest BCUT2D eigenvalue weighted by Gasteiger charge is -2.40. The van der Waals surface area contributed by atoms with Gasteiger partial charge in [0.1, 0.15) is 6.04 Å². The number of hydrogen-bond acceptors (Lipinski definition) is 4. The topological polar surface area (TPSA) is 81.3 Å². The van der Waals surface area contributed by atoms with Crippen molar-refractivity contribution >= 4 is 11.8 Å². The van der Waals surface area contributed by atoms with Gasteiger partial charge in [0.25, 0.3) is 0 Å². The molecule has 1 unspecified atom stereocenters. The molecule has 7 heteroatoms. The van der Waals surface area contributed by atoms with Crippen molar-refractivity contribution in [2.24, 2.45) is 0 Å². The Kier molecular flexibility index (Phi) is 7.04. The van der Waals surface area contributed by atoms with E-state index in [4.69, 9.17) is 0 Å². The van der Waals surface area contributed by atoms with Crippen LogP contribution >= 0.6 is 0 Å². The molecule has 0 radical (unpaired) electrons. The van der Waals surface area contributed by atoms with Gasteiger partial charge < -0.3 is 10.2 Å². The average Bonchev–Trinajstić information content (AvgIpc) is 3.07. The SMILES string of the molecule is CNC(=O)C1CN(C(=O)CCc2c(C)n[nH]c2C)CCN1CCc1ccccc1. The van der Waals surface area contributed by atoms with Gasteiger partial charge in [-0.05, 0) is 37.8 Å². The van der Waals surface area contributed by atoms with Gasteiger partial charge >= 0.3 is 0 Å². The Morgan fingerprint density at radius 3 is 2.59 bits per heavy atom. The summed E-state index contributed by atoms with van der Waals surface area (Å²) in [5.41, 5.74) is 4.34. The number of aryl methyl sites for hydroxylation is 2. The summed E-state index contributed by atoms with van der Waals surface area (Å²) in [5.74, 6) is 0.0682. The van der Waals surface area contributed by atoms with Gasteiger partial charge in [0, 0.05) is 45.3 Å². The van der Waals surface area contributed by atoms with E-state index in [0.29, 0.717) is 32.5 Å². The summed E-state index contributed by atoms with van der Waals surface area (Å²) < 4.78 is 0. The minimum absolute atomic E-state index is 0.0305. The Hall–Kier alpha value is -2.67. The van der Waals surface area contributed by atoms with Crippen LogP contribution in [0.25, 0.3) is 0 Å². The fourth-order valence-corrected chi connectivity index (χ4v) is 3.98. The van der Waals surface area contributed by atoms with Crippen molar-refractivity contribution in [3.63, 3.8) is 0 Å². The molecule has 1 aromatic carbocycles. The van der Waals surface area contributed by atoms with Crippen molar-refractivity contribution in [2.45, 2.75) is 39.2 Å². The molecule has 1 fully saturated rings. The third-order valence-corrected chi connectivity index (χ3v) is 5.79. The number of nitrogens with zero attached hydrogens (tertiary/aromatic N) is 3. The van der Waals surface area contributed by atoms with E-state index in [-0.39, 0.29) is 17.9 Å². The maximum Gasteiger partial charge on any atom is 0.238 e. The first-order valence-corrected chi connectivity index (χ1v) is 10.3. The zero-order valence-corrected chi connectivity index (χ0v) is 17.6. The first kappa shape index (κ1) is 21.0. The highest BCUT2D eigenvalue weighted by molar-refractivity contribution is 5.83. The first-order valence-electron chi connectivity index (χ1n) is 10.3. The number of carbonyl (C=O) groups is 2. The molecular weight excluding hydrogens is 366 g/mol. The predicted molar refractivity (Wildman–Crippen MR) is 113 cm³/mol. The van der Waals surface area contributed by atoms with Gasteiger partial charge in [0.2, 0.25) is 11.8 Å². The highest BCUT2D eigenvalue weighted by atomic mass is 16.2. The summed E-state index contributed by atoms with van der Waals surface area (Å²) >= 11 is 0. The normalized spacial score (nSPS) is 17.3. The van der Waals surface area contributed by atoms with Gasteiger partial charge in [0.05, 0.1) is 5.69 Å². The molecule has 1 atom stereocenters. The molecule has 0 aliphatic carbocycles. The summed E-state index contributed by atoms with van der Waals surface area (Å²) in [4.78, 5) is 29.3. The number of nitrogens with one attached hydrogen (secondary N) is 2. The van der Waals surface area contributed by atoms with Crippen LogP contribution < -0.4 is 5.32 Å². The van der Waals surface area contributed by atoms with Gasteiger partial charge in [0.15, 0.2) is 0 Å². The van der Waals surface area contributed by atoms with Crippen LogP contribution in [-0.2, 0) is 22.4 Å². The molecular formula is C22H31N5O2. The van der Waals surface area contributed by atoms with E-state index >= 15 is 0 Å². The van der Waals surface area contributed by atoms with Crippen LogP contribution in [0.3, 0.4) is 0 Å². The Morgan fingerprint density at radius 2 is 1.93 bits per heavy atom. The highest BCUT2D eigenvalue weighted by Crippen LogP contribution is 2.16. The van der Waals surface area contributed by atoms with E-state index < -0.39 is 0 Å². The molecule has 2 N–H and O–H groups in total. The van der Waals surface area contributed by atoms with Crippen molar-refractivity contribution in [2.75, 3.05) is 33.2 Å². The van der Waals surface area contributed by atoms with E-state index in [1.165, 1.54) is 5.56 Å². The lowest BCUT2D eigenvalue weighted by atomic mass is 10.1. The summed E-state index contributed by atoms with van der Waals surface area (Å²) in [6.45, 7) is 6.54. The second-order valence-electron chi connectivity index (χ2n) is 7.65. The second kappa shape index (κ2) is 9.69. The molecule has 0 spiro atoms. The number of rotatable bonds is 7. The van der Waals surface area contributed by atoms with E-state index in [1.54, 1.807) is 7.05 Å². The average molecular weight is 398 g/mol. The molecule has 0 saturated carbocycles. The summed E-state index contributed by atoms with van der Waals surface area (Å²) in [6.07, 6.45) is 2.00. The number of carbonyl (C=O) groups excluding carboxylic acids is 2. The highest BCUT2D eigenvalue weighted by Gasteiger charge is 2.33. The van der Waals surface area contributed by atoms with Crippen molar-refractivity contribution in [3.05, 3.63) is 52.8 Å². The molecule has 2 heterocycles. The number of hydrogen-bond donors (Lipinski definition) is 2. The molecule has 156 valence electrons. The predicted octanol–water partition coefficient (Wildman–Crippen LogP) is 1.46. The van der Waals surface area contributed by atoms with E-state index in [0.717, 1.165) is 29.9 Å². The maximum absolute atomic E-state index is 12.8. The number of benzene rings is 1. The van der Waals surface area contributed by atoms with Gasteiger partial charge in [-0.1, -0.05) is 30.3 Å². The number of piperazine rings is 1. The van der Waals surface area contributed by atoms with Crippen LogP contribution in [-0.4, -0.2) is 71.1 Å². The summed E-state index contributed by atoms with van der Waals surface area (Å²) in [6, 6.07) is 9.98. The zero-order valence-electron chi connectivity index (χ0n) is 17.6. The lowest BCUT2D eigenvalue weighted by Crippen LogP contribution is -2.60. The molecule has 0 bridgehead atoms. The van der Waals surface area contributed by atoms with Crippen LogP contribution in [0, 0.1) is 13.8 Å². The van der Waals surface area contributed by atoms with Crippen molar-refractivity contribution < 1.29 is 9.59 Å². The van der Waals surface area contributed by atoms with Crippen molar-refractivity contribution in [1.82, 2.24) is 25.3 Å². The smallest absolute Gasteiger partial charge is 0.238 e. The third kappa shape index (κ3) is 5.23. The fourth-order valence-electron chi connectivity index (χ4n) is 3.98. The Morgan fingerprint density at radius 1 is 1.17 bits per heavy atom. The van der Waals surface area contributed by atoms with Crippen LogP contribution in [0.15, 0.2) is 30.3 Å². The van der Waals surface area contributed by atoms with E-state index in [2.05, 4.69) is 32.5 Å². The van der Waals surface area contributed by atoms with Crippen LogP contribution in [0.4, 0.5) is 0 Å². The Bertz CT molecular complexity index is 813. The monoisotopic (exact) mass is 397 g/mol. The maximum atomic E-state index is 12.8. The van der Waals surface area contributed by atoms with Gasteiger partial charge in [-0.3, -0.25) is 19.6 Å². The molecule has 29 heavy (non-hydrogen) atoms. The number of amides is 2. The molecule has 7 nitrogen and oxygen atoms in total. The summed E-state index contributed by atoms with van der Waals surface area (Å²) in [5, 5.41) is 9.93. The minimum Gasteiger partial charge on any atom is -0.358 e. The van der Waals surface area contributed by atoms with Crippen LogP contribution in [0.2, 0.25) is 0 Å². The van der Waals surface area contributed by atoms with Crippen molar-refractivity contribution in [1.29, 1.82) is 0 Å². The Balaban J connectivity index is 1.58.